The normalized spacial score (nSPS) is 12.6. The van der Waals surface area contributed by atoms with E-state index >= 15 is 0 Å². The molecular weight excluding hydrogens is 376 g/mol. The number of sulfonamides is 1. The molecule has 0 unspecified atom stereocenters. The van der Waals surface area contributed by atoms with E-state index in [1.807, 2.05) is 6.92 Å². The third-order valence-corrected chi connectivity index (χ3v) is 5.09. The standard InChI is InChI=1S/C16H20F4N2O3S/c1-2-3-4-5-22(9-14(21)23)26(24,25)10-11-6-12(15(17)18)8-13(7-11)16(19)20/h3-4,6-8,15-16H,2,5,9-10H2,1H3,(H2,21,23). The fourth-order valence-corrected chi connectivity index (χ4v) is 3.60. The third-order valence-electron chi connectivity index (χ3n) is 3.33. The number of primary amides is 1. The van der Waals surface area contributed by atoms with Crippen molar-refractivity contribution in [1.29, 1.82) is 0 Å². The Bertz CT molecular complexity index is 726. The first kappa shape index (κ1) is 22.1. The molecule has 10 heteroatoms. The van der Waals surface area contributed by atoms with Gasteiger partial charge in [-0.2, -0.15) is 4.31 Å². The molecule has 26 heavy (non-hydrogen) atoms. The molecule has 1 rings (SSSR count). The molecule has 5 nitrogen and oxygen atoms in total. The lowest BCUT2D eigenvalue weighted by Crippen LogP contribution is -2.39. The van der Waals surface area contributed by atoms with Crippen molar-refractivity contribution >= 4 is 15.9 Å². The maximum absolute atomic E-state index is 12.9. The van der Waals surface area contributed by atoms with Crippen LogP contribution in [0.4, 0.5) is 17.6 Å². The number of benzene rings is 1. The highest BCUT2D eigenvalue weighted by atomic mass is 32.2. The molecule has 0 fully saturated rings. The van der Waals surface area contributed by atoms with E-state index in [4.69, 9.17) is 5.73 Å². The van der Waals surface area contributed by atoms with Crippen molar-refractivity contribution in [3.63, 3.8) is 0 Å². The summed E-state index contributed by atoms with van der Waals surface area (Å²) in [6.07, 6.45) is -2.22. The van der Waals surface area contributed by atoms with Crippen molar-refractivity contribution in [3.8, 4) is 0 Å². The van der Waals surface area contributed by atoms with Gasteiger partial charge in [0.1, 0.15) is 0 Å². The van der Waals surface area contributed by atoms with Gasteiger partial charge in [-0.1, -0.05) is 19.1 Å². The Balaban J connectivity index is 3.18. The molecule has 146 valence electrons. The molecule has 1 amide bonds. The van der Waals surface area contributed by atoms with Gasteiger partial charge in [-0.15, -0.1) is 0 Å². The molecule has 0 saturated heterocycles. The topological polar surface area (TPSA) is 80.5 Å². The van der Waals surface area contributed by atoms with Gasteiger partial charge in [0.2, 0.25) is 15.9 Å². The molecule has 0 atom stereocenters. The minimum absolute atomic E-state index is 0.143. The molecule has 0 aliphatic heterocycles. The first-order chi connectivity index (χ1) is 12.1. The summed E-state index contributed by atoms with van der Waals surface area (Å²) in [6, 6.07) is 2.35. The highest BCUT2D eigenvalue weighted by Crippen LogP contribution is 2.28. The lowest BCUT2D eigenvalue weighted by atomic mass is 10.1. The Morgan fingerprint density at radius 2 is 1.65 bits per heavy atom. The minimum atomic E-state index is -4.14. The maximum Gasteiger partial charge on any atom is 0.263 e. The monoisotopic (exact) mass is 396 g/mol. The molecule has 0 heterocycles. The molecule has 0 bridgehead atoms. The Morgan fingerprint density at radius 3 is 2.08 bits per heavy atom. The quantitative estimate of drug-likeness (QED) is 0.487. The van der Waals surface area contributed by atoms with Crippen molar-refractivity contribution in [1.82, 2.24) is 4.31 Å². The van der Waals surface area contributed by atoms with Crippen LogP contribution >= 0.6 is 0 Å². The van der Waals surface area contributed by atoms with Crippen molar-refractivity contribution in [3.05, 3.63) is 47.0 Å². The zero-order valence-corrected chi connectivity index (χ0v) is 14.9. The van der Waals surface area contributed by atoms with Gasteiger partial charge in [-0.3, -0.25) is 4.79 Å². The van der Waals surface area contributed by atoms with Gasteiger partial charge in [0.05, 0.1) is 12.3 Å². The van der Waals surface area contributed by atoms with Crippen LogP contribution in [0.15, 0.2) is 30.4 Å². The summed E-state index contributed by atoms with van der Waals surface area (Å²) < 4.78 is 77.3. The Morgan fingerprint density at radius 1 is 1.12 bits per heavy atom. The lowest BCUT2D eigenvalue weighted by Gasteiger charge is -2.20. The van der Waals surface area contributed by atoms with Crippen molar-refractivity contribution in [2.75, 3.05) is 13.1 Å². The molecule has 1 aromatic carbocycles. The third kappa shape index (κ3) is 6.75. The van der Waals surface area contributed by atoms with E-state index in [0.717, 1.165) is 16.4 Å². The van der Waals surface area contributed by atoms with Gasteiger partial charge in [0.15, 0.2) is 0 Å². The van der Waals surface area contributed by atoms with Gasteiger partial charge in [-0.25, -0.2) is 26.0 Å². The van der Waals surface area contributed by atoms with E-state index in [1.54, 1.807) is 6.08 Å². The zero-order valence-electron chi connectivity index (χ0n) is 14.0. The summed E-state index contributed by atoms with van der Waals surface area (Å²) in [4.78, 5) is 11.1. The summed E-state index contributed by atoms with van der Waals surface area (Å²) in [5, 5.41) is 0. The highest BCUT2D eigenvalue weighted by Gasteiger charge is 2.25. The first-order valence-corrected chi connectivity index (χ1v) is 9.29. The number of carbonyl (C=O) groups excluding carboxylic acids is 1. The van der Waals surface area contributed by atoms with E-state index in [9.17, 15) is 30.8 Å². The number of carbonyl (C=O) groups is 1. The van der Waals surface area contributed by atoms with Gasteiger partial charge >= 0.3 is 0 Å². The number of allylic oxidation sites excluding steroid dienone is 1. The summed E-state index contributed by atoms with van der Waals surface area (Å²) >= 11 is 0. The fourth-order valence-electron chi connectivity index (χ4n) is 2.19. The smallest absolute Gasteiger partial charge is 0.263 e. The van der Waals surface area contributed by atoms with Gasteiger partial charge < -0.3 is 5.73 Å². The van der Waals surface area contributed by atoms with Crippen molar-refractivity contribution < 1.29 is 30.8 Å². The molecule has 0 saturated carbocycles. The minimum Gasteiger partial charge on any atom is -0.369 e. The number of nitrogens with zero attached hydrogens (tertiary/aromatic N) is 1. The Kier molecular flexibility index (Phi) is 8.22. The second kappa shape index (κ2) is 9.67. The number of hydrogen-bond acceptors (Lipinski definition) is 3. The van der Waals surface area contributed by atoms with Crippen molar-refractivity contribution in [2.24, 2.45) is 5.73 Å². The highest BCUT2D eigenvalue weighted by molar-refractivity contribution is 7.88. The van der Waals surface area contributed by atoms with Crippen LogP contribution < -0.4 is 5.73 Å². The average Bonchev–Trinajstić information content (AvgIpc) is 2.52. The Hall–Kier alpha value is -1.94. The molecule has 1 aromatic rings. The predicted octanol–water partition coefficient (Wildman–Crippen LogP) is 3.15. The fraction of sp³-hybridized carbons (Fsp3) is 0.438. The van der Waals surface area contributed by atoms with E-state index in [0.29, 0.717) is 12.5 Å². The molecule has 0 aromatic heterocycles. The largest absolute Gasteiger partial charge is 0.369 e. The molecule has 0 radical (unpaired) electrons. The van der Waals surface area contributed by atoms with Crippen LogP contribution in [-0.2, 0) is 20.6 Å². The van der Waals surface area contributed by atoms with E-state index in [2.05, 4.69) is 0 Å². The number of halogens is 4. The van der Waals surface area contributed by atoms with Crippen molar-refractivity contribution in [2.45, 2.75) is 31.9 Å². The summed E-state index contributed by atoms with van der Waals surface area (Å²) in [7, 11) is -4.14. The number of rotatable bonds is 10. The lowest BCUT2D eigenvalue weighted by molar-refractivity contribution is -0.118. The van der Waals surface area contributed by atoms with Crippen LogP contribution in [0.1, 0.15) is 42.9 Å². The van der Waals surface area contributed by atoms with Gasteiger partial charge in [-0.05, 0) is 30.2 Å². The van der Waals surface area contributed by atoms with Gasteiger partial charge in [0, 0.05) is 17.7 Å². The van der Waals surface area contributed by atoms with E-state index < -0.39 is 52.2 Å². The summed E-state index contributed by atoms with van der Waals surface area (Å²) in [5.41, 5.74) is 3.44. The van der Waals surface area contributed by atoms with E-state index in [1.165, 1.54) is 6.08 Å². The SMILES string of the molecule is CCC=CCN(CC(N)=O)S(=O)(=O)Cc1cc(C(F)F)cc(C(F)F)c1. The average molecular weight is 396 g/mol. The van der Waals surface area contributed by atoms with E-state index in [-0.39, 0.29) is 12.1 Å². The Labute approximate surface area is 149 Å². The molecule has 2 N–H and O–H groups in total. The second-order valence-electron chi connectivity index (χ2n) is 5.50. The predicted molar refractivity (Wildman–Crippen MR) is 89.2 cm³/mol. The summed E-state index contributed by atoms with van der Waals surface area (Å²) in [6.45, 7) is 1.08. The van der Waals surface area contributed by atoms with Crippen LogP contribution in [0.3, 0.4) is 0 Å². The zero-order chi connectivity index (χ0) is 19.9. The van der Waals surface area contributed by atoms with Crippen LogP contribution in [-0.4, -0.2) is 31.7 Å². The number of hydrogen-bond donors (Lipinski definition) is 1. The van der Waals surface area contributed by atoms with Crippen LogP contribution in [0, 0.1) is 0 Å². The molecule has 0 aliphatic carbocycles. The van der Waals surface area contributed by atoms with Crippen LogP contribution in [0.2, 0.25) is 0 Å². The second-order valence-corrected chi connectivity index (χ2v) is 7.47. The first-order valence-electron chi connectivity index (χ1n) is 7.68. The molecule has 0 aliphatic rings. The number of alkyl halides is 4. The van der Waals surface area contributed by atoms with Crippen LogP contribution in [0.5, 0.6) is 0 Å². The molecular formula is C16H20F4N2O3S. The molecule has 0 spiro atoms. The number of nitrogens with two attached hydrogens (primary N) is 1. The van der Waals surface area contributed by atoms with Crippen LogP contribution in [0.25, 0.3) is 0 Å². The number of amides is 1. The summed E-state index contributed by atoms with van der Waals surface area (Å²) in [5.74, 6) is -1.70. The van der Waals surface area contributed by atoms with Gasteiger partial charge in [0.25, 0.3) is 12.9 Å². The maximum atomic E-state index is 12.9.